The third-order valence-corrected chi connectivity index (χ3v) is 1.88. The van der Waals surface area contributed by atoms with Gasteiger partial charge in [0, 0.05) is 0 Å². The highest BCUT2D eigenvalue weighted by molar-refractivity contribution is 5.98. The van der Waals surface area contributed by atoms with Crippen LogP contribution in [0.1, 0.15) is 6.92 Å². The van der Waals surface area contributed by atoms with Crippen LogP contribution in [-0.4, -0.2) is 31.9 Å². The first-order chi connectivity index (χ1) is 7.18. The first kappa shape index (κ1) is 9.53. The van der Waals surface area contributed by atoms with Crippen LogP contribution >= 0.6 is 0 Å². The van der Waals surface area contributed by atoms with E-state index < -0.39 is 6.04 Å². The molecule has 78 valence electrons. The Bertz CT molecular complexity index is 491. The van der Waals surface area contributed by atoms with Crippen LogP contribution in [0.25, 0.3) is 11.2 Å². The van der Waals surface area contributed by atoms with Crippen LogP contribution < -0.4 is 11.1 Å². The number of rotatable bonds is 2. The maximum absolute atomic E-state index is 11.3. The van der Waals surface area contributed by atoms with Crippen molar-refractivity contribution < 1.29 is 4.79 Å². The number of nitrogens with one attached hydrogen (secondary N) is 2. The van der Waals surface area contributed by atoms with Gasteiger partial charge >= 0.3 is 0 Å². The molecule has 7 nitrogen and oxygen atoms in total. The van der Waals surface area contributed by atoms with Gasteiger partial charge in [-0.15, -0.1) is 0 Å². The van der Waals surface area contributed by atoms with E-state index in [1.165, 1.54) is 12.7 Å². The Hall–Kier alpha value is -2.02. The summed E-state index contributed by atoms with van der Waals surface area (Å²) in [5.41, 5.74) is 6.52. The predicted molar refractivity (Wildman–Crippen MR) is 54.0 cm³/mol. The second-order valence-electron chi connectivity index (χ2n) is 3.10. The number of carbonyl (C=O) groups is 1. The molecule has 0 aliphatic rings. The topological polar surface area (TPSA) is 110 Å². The van der Waals surface area contributed by atoms with Crippen LogP contribution in [-0.2, 0) is 4.79 Å². The fraction of sp³-hybridized carbons (Fsp3) is 0.250. The standard InChI is InChI=1S/C8H10N6O/c1-4(9)8(15)14-7-5-6(11-2-10-5)12-3-13-7/h2-4H,9H2,1H3,(H2,10,11,12,13,14,15). The van der Waals surface area contributed by atoms with Gasteiger partial charge in [-0.05, 0) is 6.92 Å². The molecule has 15 heavy (non-hydrogen) atoms. The summed E-state index contributed by atoms with van der Waals surface area (Å²) in [5, 5.41) is 2.58. The molecule has 0 aliphatic heterocycles. The molecule has 2 heterocycles. The van der Waals surface area contributed by atoms with E-state index in [0.29, 0.717) is 17.0 Å². The van der Waals surface area contributed by atoms with Crippen LogP contribution in [0.15, 0.2) is 12.7 Å². The predicted octanol–water partition coefficient (Wildman–Crippen LogP) is -0.361. The van der Waals surface area contributed by atoms with Gasteiger partial charge in [-0.1, -0.05) is 0 Å². The first-order valence-electron chi connectivity index (χ1n) is 4.39. The lowest BCUT2D eigenvalue weighted by molar-refractivity contribution is -0.117. The van der Waals surface area contributed by atoms with Crippen molar-refractivity contribution in [3.8, 4) is 0 Å². The molecule has 0 saturated heterocycles. The monoisotopic (exact) mass is 206 g/mol. The first-order valence-corrected chi connectivity index (χ1v) is 4.39. The van der Waals surface area contributed by atoms with Crippen LogP contribution in [0, 0.1) is 0 Å². The largest absolute Gasteiger partial charge is 0.340 e. The molecule has 2 aromatic heterocycles. The van der Waals surface area contributed by atoms with Crippen molar-refractivity contribution in [3.05, 3.63) is 12.7 Å². The van der Waals surface area contributed by atoms with Gasteiger partial charge in [0.05, 0.1) is 12.4 Å². The molecule has 0 radical (unpaired) electrons. The van der Waals surface area contributed by atoms with Gasteiger partial charge in [0.2, 0.25) is 5.91 Å². The maximum Gasteiger partial charge on any atom is 0.242 e. The fourth-order valence-electron chi connectivity index (χ4n) is 1.09. The fourth-order valence-corrected chi connectivity index (χ4v) is 1.09. The average Bonchev–Trinajstić information content (AvgIpc) is 2.66. The van der Waals surface area contributed by atoms with Crippen molar-refractivity contribution in [2.45, 2.75) is 13.0 Å². The molecule has 7 heteroatoms. The number of amides is 1. The molecule has 2 aromatic rings. The lowest BCUT2D eigenvalue weighted by Gasteiger charge is -2.06. The molecule has 2 rings (SSSR count). The average molecular weight is 206 g/mol. The number of nitrogens with zero attached hydrogens (tertiary/aromatic N) is 3. The summed E-state index contributed by atoms with van der Waals surface area (Å²) < 4.78 is 0. The number of imidazole rings is 1. The van der Waals surface area contributed by atoms with Gasteiger partial charge in [0.15, 0.2) is 11.5 Å². The van der Waals surface area contributed by atoms with Crippen molar-refractivity contribution in [2.24, 2.45) is 5.73 Å². The lowest BCUT2D eigenvalue weighted by Crippen LogP contribution is -2.32. The summed E-state index contributed by atoms with van der Waals surface area (Å²) >= 11 is 0. The van der Waals surface area contributed by atoms with E-state index >= 15 is 0 Å². The lowest BCUT2D eigenvalue weighted by atomic mass is 10.3. The number of hydrogen-bond acceptors (Lipinski definition) is 5. The number of H-pyrrole nitrogens is 1. The summed E-state index contributed by atoms with van der Waals surface area (Å²) in [5.74, 6) is 0.0874. The number of anilines is 1. The second kappa shape index (κ2) is 3.62. The molecule has 1 atom stereocenters. The van der Waals surface area contributed by atoms with E-state index in [9.17, 15) is 4.79 Å². The third kappa shape index (κ3) is 1.77. The molecule has 0 saturated carbocycles. The number of carbonyl (C=O) groups excluding carboxylic acids is 1. The molecule has 0 aliphatic carbocycles. The summed E-state index contributed by atoms with van der Waals surface area (Å²) in [7, 11) is 0. The Balaban J connectivity index is 2.35. The zero-order valence-electron chi connectivity index (χ0n) is 8.06. The number of aromatic nitrogens is 4. The Morgan fingerprint density at radius 3 is 3.07 bits per heavy atom. The van der Waals surface area contributed by atoms with Crippen LogP contribution in [0.4, 0.5) is 5.82 Å². The van der Waals surface area contributed by atoms with Gasteiger partial charge in [0.25, 0.3) is 0 Å². The number of nitrogens with two attached hydrogens (primary N) is 1. The van der Waals surface area contributed by atoms with Crippen LogP contribution in [0.3, 0.4) is 0 Å². The molecule has 0 fully saturated rings. The quantitative estimate of drug-likeness (QED) is 0.621. The Labute approximate surface area is 85.1 Å². The second-order valence-corrected chi connectivity index (χ2v) is 3.10. The maximum atomic E-state index is 11.3. The number of fused-ring (bicyclic) bond motifs is 1. The van der Waals surface area contributed by atoms with Crippen molar-refractivity contribution in [1.29, 1.82) is 0 Å². The van der Waals surface area contributed by atoms with E-state index in [2.05, 4.69) is 25.3 Å². The smallest absolute Gasteiger partial charge is 0.242 e. The normalized spacial score (nSPS) is 12.7. The van der Waals surface area contributed by atoms with Crippen LogP contribution in [0.5, 0.6) is 0 Å². The minimum absolute atomic E-state index is 0.301. The van der Waals surface area contributed by atoms with E-state index in [0.717, 1.165) is 0 Å². The summed E-state index contributed by atoms with van der Waals surface area (Å²) in [4.78, 5) is 26.0. The van der Waals surface area contributed by atoms with E-state index in [4.69, 9.17) is 5.73 Å². The Morgan fingerprint density at radius 2 is 2.33 bits per heavy atom. The molecule has 1 amide bonds. The van der Waals surface area contributed by atoms with Crippen molar-refractivity contribution in [3.63, 3.8) is 0 Å². The third-order valence-electron chi connectivity index (χ3n) is 1.88. The molecule has 0 aromatic carbocycles. The number of aromatic amines is 1. The van der Waals surface area contributed by atoms with Crippen molar-refractivity contribution in [1.82, 2.24) is 19.9 Å². The zero-order valence-corrected chi connectivity index (χ0v) is 8.06. The SMILES string of the molecule is CC(N)C(=O)Nc1ncnc2nc[nH]c12. The van der Waals surface area contributed by atoms with Gasteiger partial charge in [-0.3, -0.25) is 4.79 Å². The molecule has 0 bridgehead atoms. The van der Waals surface area contributed by atoms with Gasteiger partial charge in [-0.25, -0.2) is 15.0 Å². The van der Waals surface area contributed by atoms with Crippen molar-refractivity contribution >= 4 is 22.9 Å². The molecule has 0 spiro atoms. The molecule has 4 N–H and O–H groups in total. The van der Waals surface area contributed by atoms with Crippen LogP contribution in [0.2, 0.25) is 0 Å². The zero-order chi connectivity index (χ0) is 10.8. The van der Waals surface area contributed by atoms with Gasteiger partial charge in [0.1, 0.15) is 11.8 Å². The molecule has 1 unspecified atom stereocenters. The summed E-state index contributed by atoms with van der Waals surface area (Å²) in [6.45, 7) is 1.60. The highest BCUT2D eigenvalue weighted by Gasteiger charge is 2.11. The van der Waals surface area contributed by atoms with E-state index in [-0.39, 0.29) is 5.91 Å². The minimum Gasteiger partial charge on any atom is -0.340 e. The van der Waals surface area contributed by atoms with E-state index in [1.54, 1.807) is 6.92 Å². The summed E-state index contributed by atoms with van der Waals surface area (Å²) in [6.07, 6.45) is 2.82. The molecular weight excluding hydrogens is 196 g/mol. The Kier molecular flexibility index (Phi) is 2.30. The van der Waals surface area contributed by atoms with Gasteiger partial charge < -0.3 is 16.0 Å². The van der Waals surface area contributed by atoms with Gasteiger partial charge in [-0.2, -0.15) is 0 Å². The summed E-state index contributed by atoms with van der Waals surface area (Å²) in [6, 6.07) is -0.585. The highest BCUT2D eigenvalue weighted by Crippen LogP contribution is 2.13. The molecular formula is C8H10N6O. The highest BCUT2D eigenvalue weighted by atomic mass is 16.2. The van der Waals surface area contributed by atoms with E-state index in [1.807, 2.05) is 0 Å². The van der Waals surface area contributed by atoms with Crippen molar-refractivity contribution in [2.75, 3.05) is 5.32 Å². The Morgan fingerprint density at radius 1 is 1.53 bits per heavy atom. The minimum atomic E-state index is -0.585. The number of hydrogen-bond donors (Lipinski definition) is 3.